The molecule has 2 heterocycles. The first-order chi connectivity index (χ1) is 10.2. The van der Waals surface area contributed by atoms with Gasteiger partial charge in [0.2, 0.25) is 5.56 Å². The number of benzene rings is 1. The lowest BCUT2D eigenvalue weighted by Gasteiger charge is -2.29. The zero-order valence-electron chi connectivity index (χ0n) is 11.1. The van der Waals surface area contributed by atoms with Gasteiger partial charge < -0.3 is 15.1 Å². The van der Waals surface area contributed by atoms with E-state index >= 15 is 0 Å². The molecule has 1 amide bonds. The molecule has 106 valence electrons. The highest BCUT2D eigenvalue weighted by molar-refractivity contribution is 6.14. The van der Waals surface area contributed by atoms with Gasteiger partial charge in [-0.2, -0.15) is 0 Å². The number of aromatic nitrogens is 1. The summed E-state index contributed by atoms with van der Waals surface area (Å²) in [7, 11) is 0. The normalized spacial score (nSPS) is 15.8. The Morgan fingerprint density at radius 2 is 2.05 bits per heavy atom. The first kappa shape index (κ1) is 13.1. The van der Waals surface area contributed by atoms with Crippen LogP contribution in [0.25, 0.3) is 0 Å². The van der Waals surface area contributed by atoms with Crippen LogP contribution in [-0.2, 0) is 0 Å². The van der Waals surface area contributed by atoms with Crippen LogP contribution in [0.5, 0.6) is 0 Å². The van der Waals surface area contributed by atoms with E-state index in [9.17, 15) is 9.59 Å². The summed E-state index contributed by atoms with van der Waals surface area (Å²) in [4.78, 5) is 27.8. The summed E-state index contributed by atoms with van der Waals surface area (Å²) in [5.74, 6) is -0.198. The Morgan fingerprint density at radius 3 is 2.76 bits per heavy atom. The molecule has 1 aromatic heterocycles. The van der Waals surface area contributed by atoms with Crippen molar-refractivity contribution in [2.24, 2.45) is 5.16 Å². The molecule has 0 spiro atoms. The van der Waals surface area contributed by atoms with Crippen molar-refractivity contribution < 1.29 is 10.0 Å². The van der Waals surface area contributed by atoms with Crippen molar-refractivity contribution in [2.45, 2.75) is 6.42 Å². The van der Waals surface area contributed by atoms with Crippen molar-refractivity contribution >= 4 is 17.3 Å². The van der Waals surface area contributed by atoms with E-state index in [2.05, 4.69) is 10.1 Å². The van der Waals surface area contributed by atoms with Gasteiger partial charge in [0.25, 0.3) is 5.91 Å². The van der Waals surface area contributed by atoms with E-state index < -0.39 is 0 Å². The first-order valence-corrected chi connectivity index (χ1v) is 6.51. The van der Waals surface area contributed by atoms with E-state index in [4.69, 9.17) is 5.21 Å². The van der Waals surface area contributed by atoms with Gasteiger partial charge in [-0.1, -0.05) is 23.4 Å². The SMILES string of the molecule is O=C(c1ccc(=O)[nH]c1)N1CC/C(=N/O)c2ccccc21. The molecule has 1 aliphatic rings. The fourth-order valence-electron chi connectivity index (χ4n) is 2.44. The Kier molecular flexibility index (Phi) is 3.27. The molecule has 2 N–H and O–H groups in total. The average Bonchev–Trinajstić information content (AvgIpc) is 2.54. The number of oxime groups is 1. The minimum absolute atomic E-state index is 0.198. The summed E-state index contributed by atoms with van der Waals surface area (Å²) in [5, 5.41) is 12.4. The van der Waals surface area contributed by atoms with Gasteiger partial charge in [-0.15, -0.1) is 0 Å². The zero-order chi connectivity index (χ0) is 14.8. The quantitative estimate of drug-likeness (QED) is 0.615. The maximum Gasteiger partial charge on any atom is 0.259 e. The molecule has 0 atom stereocenters. The smallest absolute Gasteiger partial charge is 0.259 e. The number of pyridine rings is 1. The van der Waals surface area contributed by atoms with Crippen molar-refractivity contribution in [1.82, 2.24) is 4.98 Å². The van der Waals surface area contributed by atoms with Crippen molar-refractivity contribution in [3.8, 4) is 0 Å². The van der Waals surface area contributed by atoms with Gasteiger partial charge in [0.1, 0.15) is 0 Å². The van der Waals surface area contributed by atoms with Crippen LogP contribution in [0.2, 0.25) is 0 Å². The lowest BCUT2D eigenvalue weighted by atomic mass is 9.99. The first-order valence-electron chi connectivity index (χ1n) is 6.51. The standard InChI is InChI=1S/C15H13N3O3/c19-14-6-5-10(9-16-14)15(20)18-8-7-12(17-21)11-3-1-2-4-13(11)18/h1-6,9,21H,7-8H2,(H,16,19)/b17-12-. The number of H-pyrrole nitrogens is 1. The molecule has 0 saturated carbocycles. The van der Waals surface area contributed by atoms with Crippen LogP contribution in [0.15, 0.2) is 52.5 Å². The van der Waals surface area contributed by atoms with Crippen LogP contribution in [0.1, 0.15) is 22.3 Å². The van der Waals surface area contributed by atoms with E-state index in [0.29, 0.717) is 29.9 Å². The number of hydrogen-bond acceptors (Lipinski definition) is 4. The number of aromatic amines is 1. The highest BCUT2D eigenvalue weighted by Crippen LogP contribution is 2.28. The van der Waals surface area contributed by atoms with Crippen LogP contribution < -0.4 is 10.5 Å². The topological polar surface area (TPSA) is 85.8 Å². The van der Waals surface area contributed by atoms with Crippen molar-refractivity contribution in [2.75, 3.05) is 11.4 Å². The zero-order valence-corrected chi connectivity index (χ0v) is 11.1. The molecule has 0 fully saturated rings. The second-order valence-corrected chi connectivity index (χ2v) is 4.71. The predicted molar refractivity (Wildman–Crippen MR) is 78.1 cm³/mol. The van der Waals surface area contributed by atoms with Crippen LogP contribution in [0, 0.1) is 0 Å². The van der Waals surface area contributed by atoms with Gasteiger partial charge in [-0.25, -0.2) is 0 Å². The van der Waals surface area contributed by atoms with Crippen LogP contribution in [0.4, 0.5) is 5.69 Å². The number of carbonyl (C=O) groups is 1. The largest absolute Gasteiger partial charge is 0.411 e. The second-order valence-electron chi connectivity index (χ2n) is 4.71. The van der Waals surface area contributed by atoms with E-state index in [1.807, 2.05) is 24.3 Å². The molecule has 1 aromatic carbocycles. The molecular formula is C15H13N3O3. The number of hydrogen-bond donors (Lipinski definition) is 2. The number of para-hydroxylation sites is 1. The maximum atomic E-state index is 12.6. The minimum atomic E-state index is -0.250. The van der Waals surface area contributed by atoms with Crippen LogP contribution in [0.3, 0.4) is 0 Å². The highest BCUT2D eigenvalue weighted by atomic mass is 16.4. The average molecular weight is 283 g/mol. The van der Waals surface area contributed by atoms with Crippen LogP contribution >= 0.6 is 0 Å². The summed E-state index contributed by atoms with van der Waals surface area (Å²) in [6, 6.07) is 10.1. The Hall–Kier alpha value is -2.89. The molecule has 0 unspecified atom stereocenters. The molecule has 21 heavy (non-hydrogen) atoms. The summed E-state index contributed by atoms with van der Waals surface area (Å²) in [5.41, 5.74) is 2.17. The van der Waals surface area contributed by atoms with Gasteiger partial charge in [0, 0.05) is 30.8 Å². The third kappa shape index (κ3) is 2.31. The Balaban J connectivity index is 2.02. The number of fused-ring (bicyclic) bond motifs is 1. The molecule has 6 heteroatoms. The van der Waals surface area contributed by atoms with Gasteiger partial charge in [-0.3, -0.25) is 9.59 Å². The number of nitrogens with one attached hydrogen (secondary N) is 1. The molecule has 0 radical (unpaired) electrons. The number of rotatable bonds is 1. The number of carbonyl (C=O) groups excluding carboxylic acids is 1. The number of amides is 1. The van der Waals surface area contributed by atoms with E-state index in [1.54, 1.807) is 4.90 Å². The summed E-state index contributed by atoms with van der Waals surface area (Å²) < 4.78 is 0. The summed E-state index contributed by atoms with van der Waals surface area (Å²) in [6.45, 7) is 0.425. The maximum absolute atomic E-state index is 12.6. The highest BCUT2D eigenvalue weighted by Gasteiger charge is 2.26. The molecule has 2 aromatic rings. The third-order valence-electron chi connectivity index (χ3n) is 3.47. The Morgan fingerprint density at radius 1 is 1.24 bits per heavy atom. The van der Waals surface area contributed by atoms with Crippen molar-refractivity contribution in [3.63, 3.8) is 0 Å². The molecule has 1 aliphatic heterocycles. The van der Waals surface area contributed by atoms with Gasteiger partial charge in [0.05, 0.1) is 17.0 Å². The molecule has 3 rings (SSSR count). The lowest BCUT2D eigenvalue weighted by Crippen LogP contribution is -2.37. The minimum Gasteiger partial charge on any atom is -0.411 e. The predicted octanol–water partition coefficient (Wildman–Crippen LogP) is 1.60. The molecular weight excluding hydrogens is 270 g/mol. The fourth-order valence-corrected chi connectivity index (χ4v) is 2.44. The lowest BCUT2D eigenvalue weighted by molar-refractivity contribution is 0.0986. The fraction of sp³-hybridized carbons (Fsp3) is 0.133. The Labute approximate surface area is 120 Å². The second kappa shape index (κ2) is 5.24. The molecule has 6 nitrogen and oxygen atoms in total. The van der Waals surface area contributed by atoms with Crippen molar-refractivity contribution in [1.29, 1.82) is 0 Å². The molecule has 0 saturated heterocycles. The van der Waals surface area contributed by atoms with E-state index in [0.717, 1.165) is 5.56 Å². The van der Waals surface area contributed by atoms with Gasteiger partial charge in [0.15, 0.2) is 0 Å². The van der Waals surface area contributed by atoms with E-state index in [-0.39, 0.29) is 11.5 Å². The van der Waals surface area contributed by atoms with Crippen molar-refractivity contribution in [3.05, 3.63) is 64.1 Å². The van der Waals surface area contributed by atoms with Gasteiger partial charge in [-0.05, 0) is 12.1 Å². The Bertz CT molecular complexity index is 759. The number of nitrogens with zero attached hydrogens (tertiary/aromatic N) is 2. The van der Waals surface area contributed by atoms with Gasteiger partial charge >= 0.3 is 0 Å². The third-order valence-corrected chi connectivity index (χ3v) is 3.47. The summed E-state index contributed by atoms with van der Waals surface area (Å²) in [6.07, 6.45) is 1.88. The number of anilines is 1. The molecule has 0 bridgehead atoms. The van der Waals surface area contributed by atoms with E-state index in [1.165, 1.54) is 18.3 Å². The molecule has 0 aliphatic carbocycles. The summed E-state index contributed by atoms with van der Waals surface area (Å²) >= 11 is 0. The monoisotopic (exact) mass is 283 g/mol. The van der Waals surface area contributed by atoms with Crippen LogP contribution in [-0.4, -0.2) is 28.4 Å².